The van der Waals surface area contributed by atoms with Crippen LogP contribution < -0.4 is 0 Å². The van der Waals surface area contributed by atoms with Gasteiger partial charge >= 0.3 is 11.9 Å². The number of rotatable bonds is 23. The summed E-state index contributed by atoms with van der Waals surface area (Å²) in [5, 5.41) is 67.7. The van der Waals surface area contributed by atoms with E-state index in [1.54, 1.807) is 9.80 Å². The average molecular weight is 529 g/mol. The number of carbonyl (C=O) groups is 2. The molecule has 0 radical (unpaired) electrons. The molecule has 0 aliphatic heterocycles. The number of hydrogen-bond acceptors (Lipinski definition) is 10. The molecule has 0 aliphatic carbocycles. The molecule has 0 rings (SSSR count). The number of aliphatic hydroxyl groups is 6. The molecular weight excluding hydrogens is 476 g/mol. The zero-order valence-corrected chi connectivity index (χ0v) is 21.8. The van der Waals surface area contributed by atoms with Gasteiger partial charge in [0.15, 0.2) is 0 Å². The molecule has 12 heteroatoms. The third-order valence-electron chi connectivity index (χ3n) is 5.03. The van der Waals surface area contributed by atoms with Crippen LogP contribution in [0.2, 0.25) is 0 Å². The van der Waals surface area contributed by atoms with Crippen molar-refractivity contribution in [2.45, 2.75) is 64.2 Å². The van der Waals surface area contributed by atoms with E-state index in [0.29, 0.717) is 39.3 Å². The van der Waals surface area contributed by atoms with E-state index in [0.717, 1.165) is 51.4 Å². The van der Waals surface area contributed by atoms with Crippen molar-refractivity contribution in [3.63, 3.8) is 0 Å². The molecule has 0 saturated carbocycles. The van der Waals surface area contributed by atoms with Crippen LogP contribution in [-0.4, -0.2) is 142 Å². The highest BCUT2D eigenvalue weighted by Gasteiger charge is 2.01. The molecule has 0 heterocycles. The number of aliphatic hydroxyl groups excluding tert-OH is 6. The normalized spacial score (nSPS) is 10.6. The molecule has 0 aromatic carbocycles. The van der Waals surface area contributed by atoms with Gasteiger partial charge in [-0.15, -0.1) is 0 Å². The first-order valence-corrected chi connectivity index (χ1v) is 12.9. The highest BCUT2D eigenvalue weighted by atomic mass is 16.4. The first-order chi connectivity index (χ1) is 17.3. The van der Waals surface area contributed by atoms with Crippen LogP contribution in [0, 0.1) is 0 Å². The van der Waals surface area contributed by atoms with E-state index in [1.807, 2.05) is 0 Å². The molecule has 12 nitrogen and oxygen atoms in total. The third-order valence-corrected chi connectivity index (χ3v) is 5.03. The van der Waals surface area contributed by atoms with Crippen molar-refractivity contribution in [2.24, 2.45) is 0 Å². The molecule has 8 N–H and O–H groups in total. The zero-order chi connectivity index (χ0) is 27.9. The molecule has 0 bridgehead atoms. The van der Waals surface area contributed by atoms with E-state index in [9.17, 15) is 9.59 Å². The maximum Gasteiger partial charge on any atom is 0.303 e. The van der Waals surface area contributed by atoms with Crippen molar-refractivity contribution in [3.05, 3.63) is 0 Å². The quantitative estimate of drug-likeness (QED) is 0.0798. The van der Waals surface area contributed by atoms with Crippen LogP contribution in [0.4, 0.5) is 0 Å². The van der Waals surface area contributed by atoms with Gasteiger partial charge in [-0.2, -0.15) is 0 Å². The van der Waals surface area contributed by atoms with Gasteiger partial charge < -0.3 is 40.9 Å². The van der Waals surface area contributed by atoms with Gasteiger partial charge in [0, 0.05) is 52.1 Å². The molecule has 0 aromatic rings. The second-order valence-corrected chi connectivity index (χ2v) is 8.14. The van der Waals surface area contributed by atoms with Crippen molar-refractivity contribution < 1.29 is 50.4 Å². The van der Waals surface area contributed by atoms with Crippen LogP contribution >= 0.6 is 0 Å². The van der Waals surface area contributed by atoms with Crippen LogP contribution in [0.3, 0.4) is 0 Å². The largest absolute Gasteiger partial charge is 0.481 e. The Morgan fingerprint density at radius 3 is 0.750 bits per heavy atom. The lowest BCUT2D eigenvalue weighted by Gasteiger charge is -2.17. The van der Waals surface area contributed by atoms with Gasteiger partial charge in [0.2, 0.25) is 0 Å². The molecule has 0 unspecified atom stereocenters. The Hall–Kier alpha value is -1.38. The lowest BCUT2D eigenvalue weighted by molar-refractivity contribution is -0.138. The lowest BCUT2D eigenvalue weighted by atomic mass is 10.1. The summed E-state index contributed by atoms with van der Waals surface area (Å²) < 4.78 is 0. The van der Waals surface area contributed by atoms with E-state index >= 15 is 0 Å². The minimum Gasteiger partial charge on any atom is -0.481 e. The average Bonchev–Trinajstić information content (AvgIpc) is 2.82. The molecule has 0 amide bonds. The number of unbranched alkanes of at least 4 members (excludes halogenated alkanes) is 7. The maximum absolute atomic E-state index is 10.2. The molecule has 0 fully saturated rings. The molecule has 218 valence electrons. The summed E-state index contributed by atoms with van der Waals surface area (Å²) in [6.07, 6.45) is 8.51. The standard InChI is InChI=1S/C12H22O4.2C6H15NO3/c13-11(14)9-7-5-3-1-2-4-6-8-10-12(15)16;2*8-4-1-7(2-5-9)3-6-10/h1-10H2,(H,13,14)(H,15,16);2*8-10H,1-6H2. The Balaban J connectivity index is -0.000000476. The van der Waals surface area contributed by atoms with Gasteiger partial charge in [-0.1, -0.05) is 38.5 Å². The van der Waals surface area contributed by atoms with Crippen LogP contribution in [0.5, 0.6) is 0 Å². The van der Waals surface area contributed by atoms with Gasteiger partial charge in [-0.05, 0) is 12.8 Å². The Morgan fingerprint density at radius 2 is 0.583 bits per heavy atom. The van der Waals surface area contributed by atoms with Gasteiger partial charge in [0.1, 0.15) is 0 Å². The molecule has 0 saturated heterocycles. The van der Waals surface area contributed by atoms with Crippen molar-refractivity contribution in [1.29, 1.82) is 0 Å². The Kier molecular flexibility index (Phi) is 36.6. The maximum atomic E-state index is 10.2. The minimum absolute atomic E-state index is 0.0694. The van der Waals surface area contributed by atoms with Crippen LogP contribution in [-0.2, 0) is 9.59 Å². The van der Waals surface area contributed by atoms with E-state index in [-0.39, 0.29) is 52.5 Å². The van der Waals surface area contributed by atoms with Crippen LogP contribution in [0.25, 0.3) is 0 Å². The summed E-state index contributed by atoms with van der Waals surface area (Å²) >= 11 is 0. The van der Waals surface area contributed by atoms with E-state index in [1.165, 1.54) is 0 Å². The Morgan fingerprint density at radius 1 is 0.389 bits per heavy atom. The molecule has 0 spiro atoms. The number of carboxylic acids is 2. The zero-order valence-electron chi connectivity index (χ0n) is 21.8. The monoisotopic (exact) mass is 528 g/mol. The minimum atomic E-state index is -0.714. The number of aliphatic carboxylic acids is 2. The topological polar surface area (TPSA) is 202 Å². The number of hydrogen-bond donors (Lipinski definition) is 8. The summed E-state index contributed by atoms with van der Waals surface area (Å²) in [4.78, 5) is 24.0. The predicted octanol–water partition coefficient (Wildman–Crippen LogP) is -0.413. The van der Waals surface area contributed by atoms with Gasteiger partial charge in [0.05, 0.1) is 39.6 Å². The summed E-state index contributed by atoms with van der Waals surface area (Å²) in [5.74, 6) is -1.43. The molecule has 36 heavy (non-hydrogen) atoms. The summed E-state index contributed by atoms with van der Waals surface area (Å²) in [6, 6.07) is 0. The van der Waals surface area contributed by atoms with Crippen molar-refractivity contribution in [3.8, 4) is 0 Å². The first-order valence-electron chi connectivity index (χ1n) is 12.9. The van der Waals surface area contributed by atoms with Crippen molar-refractivity contribution >= 4 is 11.9 Å². The smallest absolute Gasteiger partial charge is 0.303 e. The SMILES string of the molecule is O=C(O)CCCCCCCCCCC(=O)O.OCCN(CCO)CCO.OCCN(CCO)CCO. The summed E-state index contributed by atoms with van der Waals surface area (Å²) in [7, 11) is 0. The lowest BCUT2D eigenvalue weighted by Crippen LogP contribution is -2.32. The van der Waals surface area contributed by atoms with Crippen LogP contribution in [0.15, 0.2) is 0 Å². The van der Waals surface area contributed by atoms with Crippen molar-refractivity contribution in [1.82, 2.24) is 9.80 Å². The fourth-order valence-corrected chi connectivity index (χ4v) is 3.13. The van der Waals surface area contributed by atoms with Gasteiger partial charge in [-0.3, -0.25) is 19.4 Å². The molecule has 0 aliphatic rings. The van der Waals surface area contributed by atoms with E-state index in [2.05, 4.69) is 0 Å². The highest BCUT2D eigenvalue weighted by Crippen LogP contribution is 2.10. The number of nitrogens with zero attached hydrogens (tertiary/aromatic N) is 2. The van der Waals surface area contributed by atoms with Gasteiger partial charge in [0.25, 0.3) is 0 Å². The van der Waals surface area contributed by atoms with E-state index in [4.69, 9.17) is 40.9 Å². The summed E-state index contributed by atoms with van der Waals surface area (Å²) in [6.45, 7) is 3.51. The van der Waals surface area contributed by atoms with Crippen molar-refractivity contribution in [2.75, 3.05) is 78.9 Å². The number of carboxylic acid groups (broad SMARTS) is 2. The van der Waals surface area contributed by atoms with Crippen LogP contribution in [0.1, 0.15) is 64.2 Å². The fraction of sp³-hybridized carbons (Fsp3) is 0.917. The fourth-order valence-electron chi connectivity index (χ4n) is 3.13. The first kappa shape index (κ1) is 39.1. The molecular formula is C24H52N2O10. The van der Waals surface area contributed by atoms with E-state index < -0.39 is 11.9 Å². The highest BCUT2D eigenvalue weighted by molar-refractivity contribution is 5.66. The molecule has 0 aromatic heterocycles. The second kappa shape index (κ2) is 33.6. The summed E-state index contributed by atoms with van der Waals surface area (Å²) in [5.41, 5.74) is 0. The molecule has 0 atom stereocenters. The Labute approximate surface area is 215 Å². The third kappa shape index (κ3) is 37.2. The Bertz CT molecular complexity index is 390. The predicted molar refractivity (Wildman–Crippen MR) is 137 cm³/mol. The van der Waals surface area contributed by atoms with Gasteiger partial charge in [-0.25, -0.2) is 0 Å². The second-order valence-electron chi connectivity index (χ2n) is 8.14.